The minimum Gasteiger partial charge on any atom is -0.349 e. The van der Waals surface area contributed by atoms with Crippen molar-refractivity contribution in [2.45, 2.75) is 0 Å². The van der Waals surface area contributed by atoms with Gasteiger partial charge in [-0.1, -0.05) is 30.4 Å². The molecular formula is C11H14N2O. The fourth-order valence-electron chi connectivity index (χ4n) is 1.02. The van der Waals surface area contributed by atoms with E-state index < -0.39 is 0 Å². The van der Waals surface area contributed by atoms with E-state index in [1.165, 1.54) is 0 Å². The molecule has 0 aliphatic rings. The molecule has 14 heavy (non-hydrogen) atoms. The van der Waals surface area contributed by atoms with Crippen LogP contribution in [0.15, 0.2) is 42.5 Å². The van der Waals surface area contributed by atoms with Crippen LogP contribution in [-0.2, 0) is 0 Å². The first-order valence-electron chi connectivity index (χ1n) is 4.53. The van der Waals surface area contributed by atoms with Crippen molar-refractivity contribution in [2.24, 2.45) is 5.73 Å². The average Bonchev–Trinajstić information content (AvgIpc) is 2.25. The van der Waals surface area contributed by atoms with Gasteiger partial charge in [0, 0.05) is 18.7 Å². The van der Waals surface area contributed by atoms with Crippen molar-refractivity contribution in [2.75, 3.05) is 13.1 Å². The van der Waals surface area contributed by atoms with Gasteiger partial charge in [0.1, 0.15) is 0 Å². The lowest BCUT2D eigenvalue weighted by Gasteiger charge is -2.00. The van der Waals surface area contributed by atoms with Crippen LogP contribution in [0.1, 0.15) is 10.4 Å². The van der Waals surface area contributed by atoms with E-state index in [0.29, 0.717) is 18.7 Å². The Labute approximate surface area is 83.6 Å². The zero-order valence-corrected chi connectivity index (χ0v) is 7.94. The summed E-state index contributed by atoms with van der Waals surface area (Å²) in [4.78, 5) is 11.4. The van der Waals surface area contributed by atoms with Gasteiger partial charge in [-0.25, -0.2) is 0 Å². The highest BCUT2D eigenvalue weighted by Gasteiger charge is 2.00. The quantitative estimate of drug-likeness (QED) is 0.694. The molecule has 0 saturated heterocycles. The molecule has 0 aliphatic heterocycles. The fraction of sp³-hybridized carbons (Fsp3) is 0.182. The number of nitrogens with two attached hydrogens (primary N) is 1. The van der Waals surface area contributed by atoms with Gasteiger partial charge in [0.15, 0.2) is 0 Å². The number of nitrogens with one attached hydrogen (secondary N) is 1. The predicted molar refractivity (Wildman–Crippen MR) is 57.0 cm³/mol. The third-order valence-corrected chi connectivity index (χ3v) is 1.72. The maximum atomic E-state index is 11.4. The molecule has 0 spiro atoms. The largest absolute Gasteiger partial charge is 0.349 e. The van der Waals surface area contributed by atoms with Gasteiger partial charge < -0.3 is 11.1 Å². The van der Waals surface area contributed by atoms with E-state index in [2.05, 4.69) is 5.32 Å². The zero-order chi connectivity index (χ0) is 10.2. The van der Waals surface area contributed by atoms with Crippen molar-refractivity contribution in [3.63, 3.8) is 0 Å². The van der Waals surface area contributed by atoms with Crippen LogP contribution >= 0.6 is 0 Å². The van der Waals surface area contributed by atoms with Crippen LogP contribution < -0.4 is 11.1 Å². The van der Waals surface area contributed by atoms with Crippen LogP contribution in [-0.4, -0.2) is 19.0 Å². The highest BCUT2D eigenvalue weighted by Crippen LogP contribution is 1.97. The van der Waals surface area contributed by atoms with Gasteiger partial charge in [0.25, 0.3) is 5.91 Å². The molecule has 3 N–H and O–H groups in total. The summed E-state index contributed by atoms with van der Waals surface area (Å²) in [6.45, 7) is 1.02. The summed E-state index contributed by atoms with van der Waals surface area (Å²) in [7, 11) is 0. The van der Waals surface area contributed by atoms with E-state index in [1.54, 1.807) is 12.1 Å². The summed E-state index contributed by atoms with van der Waals surface area (Å²) >= 11 is 0. The van der Waals surface area contributed by atoms with Crippen LogP contribution in [0.5, 0.6) is 0 Å². The Morgan fingerprint density at radius 1 is 1.29 bits per heavy atom. The molecule has 0 fully saturated rings. The van der Waals surface area contributed by atoms with Gasteiger partial charge in [-0.15, -0.1) is 0 Å². The number of amides is 1. The van der Waals surface area contributed by atoms with Crippen LogP contribution in [0.25, 0.3) is 0 Å². The Balaban J connectivity index is 2.40. The molecule has 3 heteroatoms. The van der Waals surface area contributed by atoms with Gasteiger partial charge in [0.05, 0.1) is 0 Å². The number of hydrogen-bond acceptors (Lipinski definition) is 2. The molecule has 0 atom stereocenters. The first-order chi connectivity index (χ1) is 6.84. The average molecular weight is 190 g/mol. The van der Waals surface area contributed by atoms with Crippen LogP contribution in [0.3, 0.4) is 0 Å². The molecule has 74 valence electrons. The molecule has 3 nitrogen and oxygen atoms in total. The first kappa shape index (κ1) is 10.5. The van der Waals surface area contributed by atoms with Crippen molar-refractivity contribution >= 4 is 5.91 Å². The zero-order valence-electron chi connectivity index (χ0n) is 7.94. The molecule has 1 aromatic rings. The summed E-state index contributed by atoms with van der Waals surface area (Å²) in [6.07, 6.45) is 3.64. The van der Waals surface area contributed by atoms with Gasteiger partial charge >= 0.3 is 0 Å². The van der Waals surface area contributed by atoms with Crippen LogP contribution in [0.2, 0.25) is 0 Å². The lowest BCUT2D eigenvalue weighted by Crippen LogP contribution is -2.23. The molecular weight excluding hydrogens is 176 g/mol. The molecule has 0 unspecified atom stereocenters. The minimum absolute atomic E-state index is 0.0627. The second-order valence-electron chi connectivity index (χ2n) is 2.78. The molecule has 0 saturated carbocycles. The van der Waals surface area contributed by atoms with Gasteiger partial charge in [-0.2, -0.15) is 0 Å². The summed E-state index contributed by atoms with van der Waals surface area (Å²) in [5.74, 6) is -0.0627. The number of rotatable bonds is 4. The molecule has 1 amide bonds. The van der Waals surface area contributed by atoms with E-state index >= 15 is 0 Å². The van der Waals surface area contributed by atoms with E-state index in [0.717, 1.165) is 0 Å². The maximum Gasteiger partial charge on any atom is 0.251 e. The Bertz CT molecular complexity index is 306. The lowest BCUT2D eigenvalue weighted by atomic mass is 10.2. The van der Waals surface area contributed by atoms with Crippen molar-refractivity contribution in [1.29, 1.82) is 0 Å². The van der Waals surface area contributed by atoms with Crippen LogP contribution in [0, 0.1) is 0 Å². The molecule has 0 heterocycles. The lowest BCUT2D eigenvalue weighted by molar-refractivity contribution is 0.0958. The Morgan fingerprint density at radius 3 is 2.64 bits per heavy atom. The highest BCUT2D eigenvalue weighted by atomic mass is 16.1. The number of benzene rings is 1. The van der Waals surface area contributed by atoms with Gasteiger partial charge in [-0.3, -0.25) is 4.79 Å². The second-order valence-corrected chi connectivity index (χ2v) is 2.78. The molecule has 0 bridgehead atoms. The fourth-order valence-corrected chi connectivity index (χ4v) is 1.02. The number of carbonyl (C=O) groups excluding carboxylic acids is 1. The minimum atomic E-state index is -0.0627. The Kier molecular flexibility index (Phi) is 4.44. The predicted octanol–water partition coefficient (Wildman–Crippen LogP) is 0.931. The summed E-state index contributed by atoms with van der Waals surface area (Å²) < 4.78 is 0. The topological polar surface area (TPSA) is 55.1 Å². The summed E-state index contributed by atoms with van der Waals surface area (Å²) in [5, 5.41) is 2.75. The highest BCUT2D eigenvalue weighted by molar-refractivity contribution is 5.94. The third-order valence-electron chi connectivity index (χ3n) is 1.72. The molecule has 1 aromatic carbocycles. The van der Waals surface area contributed by atoms with Crippen molar-refractivity contribution in [3.8, 4) is 0 Å². The van der Waals surface area contributed by atoms with E-state index in [-0.39, 0.29) is 5.91 Å². The van der Waals surface area contributed by atoms with Crippen molar-refractivity contribution in [3.05, 3.63) is 48.0 Å². The SMILES string of the molecule is NC/C=C/CNC(=O)c1ccccc1. The summed E-state index contributed by atoms with van der Waals surface area (Å²) in [6, 6.07) is 9.12. The molecule has 0 radical (unpaired) electrons. The smallest absolute Gasteiger partial charge is 0.251 e. The summed E-state index contributed by atoms with van der Waals surface area (Å²) in [5.41, 5.74) is 5.93. The third kappa shape index (κ3) is 3.41. The van der Waals surface area contributed by atoms with Crippen molar-refractivity contribution < 1.29 is 4.79 Å². The molecule has 1 rings (SSSR count). The van der Waals surface area contributed by atoms with Gasteiger partial charge in [0.2, 0.25) is 0 Å². The number of carbonyl (C=O) groups is 1. The van der Waals surface area contributed by atoms with E-state index in [4.69, 9.17) is 5.73 Å². The normalized spacial score (nSPS) is 10.4. The van der Waals surface area contributed by atoms with E-state index in [9.17, 15) is 4.79 Å². The van der Waals surface area contributed by atoms with Gasteiger partial charge in [-0.05, 0) is 12.1 Å². The maximum absolute atomic E-state index is 11.4. The molecule has 0 aliphatic carbocycles. The van der Waals surface area contributed by atoms with Crippen molar-refractivity contribution in [1.82, 2.24) is 5.32 Å². The van der Waals surface area contributed by atoms with E-state index in [1.807, 2.05) is 30.4 Å². The standard InChI is InChI=1S/C11H14N2O/c12-8-4-5-9-13-11(14)10-6-2-1-3-7-10/h1-7H,8-9,12H2,(H,13,14)/b5-4+. The Morgan fingerprint density at radius 2 is 2.00 bits per heavy atom. The Hall–Kier alpha value is -1.61. The second kappa shape index (κ2) is 5.94. The first-order valence-corrected chi connectivity index (χ1v) is 4.53. The monoisotopic (exact) mass is 190 g/mol. The number of hydrogen-bond donors (Lipinski definition) is 2. The van der Waals surface area contributed by atoms with Crippen LogP contribution in [0.4, 0.5) is 0 Å². The molecule has 0 aromatic heterocycles.